The van der Waals surface area contributed by atoms with Crippen molar-refractivity contribution in [1.82, 2.24) is 0 Å². The second-order valence-corrected chi connectivity index (χ2v) is 10.5. The molecule has 4 nitrogen and oxygen atoms in total. The van der Waals surface area contributed by atoms with Crippen LogP contribution in [0.1, 0.15) is 104 Å². The van der Waals surface area contributed by atoms with Gasteiger partial charge in [-0.05, 0) is 67.7 Å². The van der Waals surface area contributed by atoms with Crippen LogP contribution in [0.25, 0.3) is 0 Å². The normalized spacial score (nSPS) is 13.8. The van der Waals surface area contributed by atoms with Crippen molar-refractivity contribution in [2.75, 3.05) is 0 Å². The van der Waals surface area contributed by atoms with Gasteiger partial charge in [-0.1, -0.05) is 48.0 Å². The van der Waals surface area contributed by atoms with Crippen LogP contribution in [-0.2, 0) is 9.53 Å². The van der Waals surface area contributed by atoms with Gasteiger partial charge in [0, 0.05) is 6.92 Å². The van der Waals surface area contributed by atoms with Gasteiger partial charge in [0.05, 0.1) is 5.56 Å². The first kappa shape index (κ1) is 24.2. The molecule has 0 radical (unpaired) electrons. The van der Waals surface area contributed by atoms with Gasteiger partial charge in [-0.15, -0.1) is 0 Å². The Morgan fingerprint density at radius 2 is 1.54 bits per heavy atom. The van der Waals surface area contributed by atoms with E-state index in [1.807, 2.05) is 32.9 Å². The van der Waals surface area contributed by atoms with Crippen LogP contribution in [-0.4, -0.2) is 17.5 Å². The van der Waals surface area contributed by atoms with Crippen LogP contribution in [0.4, 0.5) is 0 Å². The van der Waals surface area contributed by atoms with Crippen LogP contribution < -0.4 is 4.74 Å². The SMILES string of the molecule is CCC(C)(C)C(CC(C)(C)C)c1cc(OC(C)=O)cc(C(=O)OC(C)(C)C)c1. The van der Waals surface area contributed by atoms with Crippen LogP contribution in [0.2, 0.25) is 0 Å². The number of hydrogen-bond donors (Lipinski definition) is 0. The third-order valence-electron chi connectivity index (χ3n) is 4.90. The molecule has 0 aromatic heterocycles. The van der Waals surface area contributed by atoms with Crippen molar-refractivity contribution in [2.45, 2.75) is 93.6 Å². The van der Waals surface area contributed by atoms with E-state index in [0.717, 1.165) is 18.4 Å². The molecule has 0 heterocycles. The van der Waals surface area contributed by atoms with E-state index in [2.05, 4.69) is 41.5 Å². The Kier molecular flexibility index (Phi) is 7.49. The molecule has 1 rings (SSSR count). The molecule has 0 N–H and O–H groups in total. The molecule has 0 bridgehead atoms. The molecule has 1 aromatic carbocycles. The molecule has 0 aliphatic rings. The average molecular weight is 391 g/mol. The lowest BCUT2D eigenvalue weighted by Gasteiger charge is -2.38. The summed E-state index contributed by atoms with van der Waals surface area (Å²) in [5.41, 5.74) is 0.951. The zero-order valence-corrected chi connectivity index (χ0v) is 19.4. The summed E-state index contributed by atoms with van der Waals surface area (Å²) in [7, 11) is 0. The van der Waals surface area contributed by atoms with Crippen LogP contribution in [0.3, 0.4) is 0 Å². The fraction of sp³-hybridized carbons (Fsp3) is 0.667. The van der Waals surface area contributed by atoms with Gasteiger partial charge in [-0.3, -0.25) is 4.79 Å². The molecular weight excluding hydrogens is 352 g/mol. The van der Waals surface area contributed by atoms with E-state index in [-0.39, 0.29) is 16.7 Å². The summed E-state index contributed by atoms with van der Waals surface area (Å²) >= 11 is 0. The molecule has 0 aliphatic heterocycles. The second-order valence-electron chi connectivity index (χ2n) is 10.5. The molecule has 0 spiro atoms. The minimum absolute atomic E-state index is 0.0212. The van der Waals surface area contributed by atoms with E-state index >= 15 is 0 Å². The molecule has 0 saturated carbocycles. The molecule has 4 heteroatoms. The molecule has 1 atom stereocenters. The highest BCUT2D eigenvalue weighted by Crippen LogP contribution is 2.46. The van der Waals surface area contributed by atoms with E-state index in [0.29, 0.717) is 11.3 Å². The van der Waals surface area contributed by atoms with E-state index in [1.54, 1.807) is 6.07 Å². The summed E-state index contributed by atoms with van der Waals surface area (Å²) in [6.45, 7) is 20.2. The zero-order chi connectivity index (χ0) is 21.9. The Morgan fingerprint density at radius 3 is 1.96 bits per heavy atom. The Bertz CT molecular complexity index is 702. The summed E-state index contributed by atoms with van der Waals surface area (Å²) in [4.78, 5) is 24.3. The molecule has 0 aliphatic carbocycles. The summed E-state index contributed by atoms with van der Waals surface area (Å²) in [5, 5.41) is 0. The third kappa shape index (κ3) is 7.65. The largest absolute Gasteiger partial charge is 0.456 e. The fourth-order valence-electron chi connectivity index (χ4n) is 3.21. The molecule has 0 amide bonds. The first-order valence-electron chi connectivity index (χ1n) is 10.1. The predicted octanol–water partition coefficient (Wildman–Crippen LogP) is 6.52. The lowest BCUT2D eigenvalue weighted by molar-refractivity contribution is -0.131. The zero-order valence-electron chi connectivity index (χ0n) is 19.4. The van der Waals surface area contributed by atoms with Crippen LogP contribution >= 0.6 is 0 Å². The van der Waals surface area contributed by atoms with Crippen molar-refractivity contribution in [3.8, 4) is 5.75 Å². The van der Waals surface area contributed by atoms with Crippen molar-refractivity contribution < 1.29 is 19.1 Å². The topological polar surface area (TPSA) is 52.6 Å². The first-order chi connectivity index (χ1) is 12.5. The number of benzene rings is 1. The number of ether oxygens (including phenoxy) is 2. The van der Waals surface area contributed by atoms with Crippen LogP contribution in [0, 0.1) is 10.8 Å². The lowest BCUT2D eigenvalue weighted by Crippen LogP contribution is -2.27. The van der Waals surface area contributed by atoms with Gasteiger partial charge in [0.25, 0.3) is 0 Å². The standard InChI is InChI=1S/C24H38O4/c1-11-24(9,10)20(15-22(3,4)5)17-12-18(21(26)28-23(6,7)8)14-19(13-17)27-16(2)25/h12-14,20H,11,15H2,1-10H3. The highest BCUT2D eigenvalue weighted by atomic mass is 16.6. The minimum atomic E-state index is -0.595. The molecule has 1 unspecified atom stereocenters. The maximum atomic E-state index is 12.7. The molecule has 158 valence electrons. The predicted molar refractivity (Wildman–Crippen MR) is 114 cm³/mol. The maximum absolute atomic E-state index is 12.7. The summed E-state index contributed by atoms with van der Waals surface area (Å²) < 4.78 is 10.9. The smallest absolute Gasteiger partial charge is 0.338 e. The highest BCUT2D eigenvalue weighted by Gasteiger charge is 2.33. The Balaban J connectivity index is 3.53. The molecule has 1 aromatic rings. The lowest BCUT2D eigenvalue weighted by atomic mass is 9.67. The summed E-state index contributed by atoms with van der Waals surface area (Å²) in [6.07, 6.45) is 1.94. The number of carbonyl (C=O) groups is 2. The van der Waals surface area contributed by atoms with Gasteiger partial charge in [0.2, 0.25) is 0 Å². The summed E-state index contributed by atoms with van der Waals surface area (Å²) in [5.74, 6) is -0.230. The van der Waals surface area contributed by atoms with Crippen molar-refractivity contribution >= 4 is 11.9 Å². The van der Waals surface area contributed by atoms with E-state index in [9.17, 15) is 9.59 Å². The fourth-order valence-corrected chi connectivity index (χ4v) is 3.21. The van der Waals surface area contributed by atoms with Gasteiger partial charge in [0.1, 0.15) is 11.4 Å². The van der Waals surface area contributed by atoms with Crippen LogP contribution in [0.5, 0.6) is 5.75 Å². The number of carbonyl (C=O) groups excluding carboxylic acids is 2. The number of esters is 2. The van der Waals surface area contributed by atoms with Gasteiger partial charge >= 0.3 is 11.9 Å². The maximum Gasteiger partial charge on any atom is 0.338 e. The Hall–Kier alpha value is -1.84. The molecular formula is C24H38O4. The monoisotopic (exact) mass is 390 g/mol. The van der Waals surface area contributed by atoms with Crippen molar-refractivity contribution in [3.63, 3.8) is 0 Å². The number of rotatable bonds is 6. The Labute approximate surface area is 171 Å². The number of hydrogen-bond acceptors (Lipinski definition) is 4. The molecule has 0 saturated heterocycles. The summed E-state index contributed by atoms with van der Waals surface area (Å²) in [6, 6.07) is 5.38. The second kappa shape index (κ2) is 8.67. The van der Waals surface area contributed by atoms with E-state index in [1.165, 1.54) is 6.92 Å². The molecule has 28 heavy (non-hydrogen) atoms. The Morgan fingerprint density at radius 1 is 0.964 bits per heavy atom. The quantitative estimate of drug-likeness (QED) is 0.410. The average Bonchev–Trinajstić information content (AvgIpc) is 2.49. The van der Waals surface area contributed by atoms with Gasteiger partial charge < -0.3 is 9.47 Å². The van der Waals surface area contributed by atoms with Gasteiger partial charge in [-0.25, -0.2) is 4.79 Å². The minimum Gasteiger partial charge on any atom is -0.456 e. The van der Waals surface area contributed by atoms with Gasteiger partial charge in [0.15, 0.2) is 0 Å². The van der Waals surface area contributed by atoms with Crippen molar-refractivity contribution in [3.05, 3.63) is 29.3 Å². The highest BCUT2D eigenvalue weighted by molar-refractivity contribution is 5.90. The van der Waals surface area contributed by atoms with E-state index in [4.69, 9.17) is 9.47 Å². The third-order valence-corrected chi connectivity index (χ3v) is 4.90. The molecule has 0 fully saturated rings. The van der Waals surface area contributed by atoms with Crippen molar-refractivity contribution in [2.24, 2.45) is 10.8 Å². The van der Waals surface area contributed by atoms with E-state index < -0.39 is 17.5 Å². The van der Waals surface area contributed by atoms with Crippen LogP contribution in [0.15, 0.2) is 18.2 Å². The van der Waals surface area contributed by atoms with Gasteiger partial charge in [-0.2, -0.15) is 0 Å². The van der Waals surface area contributed by atoms with Crippen molar-refractivity contribution in [1.29, 1.82) is 0 Å². The first-order valence-corrected chi connectivity index (χ1v) is 10.1.